The quantitative estimate of drug-likeness (QED) is 0.161. The van der Waals surface area contributed by atoms with Gasteiger partial charge in [-0.1, -0.05) is 179 Å². The fourth-order valence-electron chi connectivity index (χ4n) is 9.33. The molecular formula is C54H43N. The van der Waals surface area contributed by atoms with Crippen LogP contribution < -0.4 is 4.90 Å². The second-order valence-electron chi connectivity index (χ2n) is 16.1. The van der Waals surface area contributed by atoms with Crippen LogP contribution in [0.3, 0.4) is 0 Å². The van der Waals surface area contributed by atoms with Gasteiger partial charge >= 0.3 is 0 Å². The molecule has 0 saturated heterocycles. The minimum absolute atomic E-state index is 0.0372. The third kappa shape index (κ3) is 5.07. The van der Waals surface area contributed by atoms with Crippen LogP contribution in [0.2, 0.25) is 0 Å². The van der Waals surface area contributed by atoms with Gasteiger partial charge in [-0.25, -0.2) is 0 Å². The molecule has 264 valence electrons. The van der Waals surface area contributed by atoms with Crippen molar-refractivity contribution in [3.05, 3.63) is 199 Å². The predicted molar refractivity (Wildman–Crippen MR) is 236 cm³/mol. The molecule has 0 fully saturated rings. The van der Waals surface area contributed by atoms with Crippen LogP contribution >= 0.6 is 0 Å². The number of anilines is 3. The Kier molecular flexibility index (Phi) is 7.58. The molecule has 10 rings (SSSR count). The van der Waals surface area contributed by atoms with Gasteiger partial charge in [-0.3, -0.25) is 0 Å². The number of rotatable bonds is 5. The van der Waals surface area contributed by atoms with Crippen molar-refractivity contribution in [1.29, 1.82) is 0 Å². The first-order valence-corrected chi connectivity index (χ1v) is 19.4. The maximum Gasteiger partial charge on any atom is 0.0540 e. The molecule has 0 spiro atoms. The molecule has 1 nitrogen and oxygen atoms in total. The van der Waals surface area contributed by atoms with Crippen LogP contribution in [0.15, 0.2) is 188 Å². The summed E-state index contributed by atoms with van der Waals surface area (Å²) < 4.78 is 0. The molecule has 1 aliphatic rings. The zero-order valence-electron chi connectivity index (χ0n) is 31.8. The fraction of sp³-hybridized carbons (Fsp3) is 0.111. The summed E-state index contributed by atoms with van der Waals surface area (Å²) >= 11 is 0. The maximum atomic E-state index is 2.47. The minimum Gasteiger partial charge on any atom is -0.310 e. The Hall–Kier alpha value is -6.44. The second-order valence-corrected chi connectivity index (χ2v) is 16.1. The number of hydrogen-bond donors (Lipinski definition) is 0. The number of hydrogen-bond acceptors (Lipinski definition) is 1. The average molecular weight is 706 g/mol. The van der Waals surface area contributed by atoms with Crippen molar-refractivity contribution >= 4 is 49.4 Å². The van der Waals surface area contributed by atoms with Crippen molar-refractivity contribution in [2.24, 2.45) is 0 Å². The summed E-state index contributed by atoms with van der Waals surface area (Å²) in [6.45, 7) is 9.64. The second kappa shape index (κ2) is 12.6. The topological polar surface area (TPSA) is 3.24 Å². The first kappa shape index (κ1) is 33.2. The lowest BCUT2D eigenvalue weighted by Crippen LogP contribution is -2.43. The van der Waals surface area contributed by atoms with E-state index in [0.29, 0.717) is 0 Å². The van der Waals surface area contributed by atoms with Crippen LogP contribution in [0.4, 0.5) is 17.1 Å². The molecule has 0 aliphatic heterocycles. The van der Waals surface area contributed by atoms with Crippen LogP contribution in [0.25, 0.3) is 65.7 Å². The lowest BCUT2D eigenvalue weighted by molar-refractivity contribution is 0.299. The lowest BCUT2D eigenvalue weighted by Gasteiger charge is -2.48. The van der Waals surface area contributed by atoms with E-state index in [0.717, 1.165) is 17.1 Å². The Morgan fingerprint density at radius 3 is 1.56 bits per heavy atom. The van der Waals surface area contributed by atoms with Gasteiger partial charge in [0.25, 0.3) is 0 Å². The zero-order chi connectivity index (χ0) is 37.3. The first-order valence-electron chi connectivity index (χ1n) is 19.4. The van der Waals surface area contributed by atoms with Gasteiger partial charge in [-0.2, -0.15) is 0 Å². The molecule has 0 N–H and O–H groups in total. The van der Waals surface area contributed by atoms with Crippen molar-refractivity contribution in [1.82, 2.24) is 0 Å². The van der Waals surface area contributed by atoms with Crippen molar-refractivity contribution < 1.29 is 0 Å². The highest BCUT2D eigenvalue weighted by molar-refractivity contribution is 6.28. The third-order valence-electron chi connectivity index (χ3n) is 12.8. The Balaban J connectivity index is 1.17. The Bertz CT molecular complexity index is 2890. The van der Waals surface area contributed by atoms with Crippen LogP contribution in [0.5, 0.6) is 0 Å². The van der Waals surface area contributed by atoms with E-state index < -0.39 is 0 Å². The smallest absolute Gasteiger partial charge is 0.0540 e. The van der Waals surface area contributed by atoms with Crippen molar-refractivity contribution in [3.8, 4) is 33.4 Å². The predicted octanol–water partition coefficient (Wildman–Crippen LogP) is 15.2. The van der Waals surface area contributed by atoms with Gasteiger partial charge in [0.1, 0.15) is 0 Å². The number of nitrogens with zero attached hydrogens (tertiary/aromatic N) is 1. The molecule has 0 atom stereocenters. The highest BCUT2D eigenvalue weighted by atomic mass is 15.1. The molecule has 55 heavy (non-hydrogen) atoms. The summed E-state index contributed by atoms with van der Waals surface area (Å²) in [6.07, 6.45) is 0. The molecule has 0 saturated carbocycles. The fourth-order valence-corrected chi connectivity index (χ4v) is 9.33. The van der Waals surface area contributed by atoms with E-state index in [4.69, 9.17) is 0 Å². The molecule has 0 amide bonds. The van der Waals surface area contributed by atoms with Gasteiger partial charge in [-0.05, 0) is 118 Å². The number of para-hydroxylation sites is 2. The molecule has 0 radical (unpaired) electrons. The van der Waals surface area contributed by atoms with E-state index in [1.807, 2.05) is 0 Å². The SMILES string of the molecule is CC1(C)c2ccccc2-c2ccc(-c3ccccc3N(c3ccccc3)c3cccc(-c4cccc5c6ccccc6c6ccccc6c45)c3)cc2C1(C)C. The normalized spacial score (nSPS) is 14.1. The first-order chi connectivity index (χ1) is 26.8. The van der Waals surface area contributed by atoms with Gasteiger partial charge in [0.2, 0.25) is 0 Å². The lowest BCUT2D eigenvalue weighted by atomic mass is 9.55. The molecule has 0 heterocycles. The van der Waals surface area contributed by atoms with E-state index in [9.17, 15) is 0 Å². The van der Waals surface area contributed by atoms with Crippen molar-refractivity contribution in [2.75, 3.05) is 4.90 Å². The molecule has 0 bridgehead atoms. The Morgan fingerprint density at radius 1 is 0.327 bits per heavy atom. The summed E-state index contributed by atoms with van der Waals surface area (Å²) in [5.74, 6) is 0. The van der Waals surface area contributed by atoms with Gasteiger partial charge < -0.3 is 4.90 Å². The minimum atomic E-state index is -0.0803. The van der Waals surface area contributed by atoms with E-state index >= 15 is 0 Å². The summed E-state index contributed by atoms with van der Waals surface area (Å²) in [4.78, 5) is 2.43. The summed E-state index contributed by atoms with van der Waals surface area (Å²) in [7, 11) is 0. The number of fused-ring (bicyclic) bond motifs is 9. The van der Waals surface area contributed by atoms with E-state index in [2.05, 4.69) is 221 Å². The summed E-state index contributed by atoms with van der Waals surface area (Å²) in [5, 5.41) is 7.72. The van der Waals surface area contributed by atoms with E-state index in [1.54, 1.807) is 0 Å². The largest absolute Gasteiger partial charge is 0.310 e. The molecular weight excluding hydrogens is 663 g/mol. The van der Waals surface area contributed by atoms with Gasteiger partial charge in [-0.15, -0.1) is 0 Å². The number of benzene rings is 9. The Morgan fingerprint density at radius 2 is 0.818 bits per heavy atom. The highest BCUT2D eigenvalue weighted by Crippen LogP contribution is 2.55. The summed E-state index contributed by atoms with van der Waals surface area (Å²) in [6, 6.07) is 69.4. The van der Waals surface area contributed by atoms with Gasteiger partial charge in [0, 0.05) is 16.9 Å². The summed E-state index contributed by atoms with van der Waals surface area (Å²) in [5.41, 5.74) is 13.6. The van der Waals surface area contributed by atoms with Gasteiger partial charge in [0.05, 0.1) is 5.69 Å². The van der Waals surface area contributed by atoms with E-state index in [-0.39, 0.29) is 10.8 Å². The molecule has 1 heteroatoms. The monoisotopic (exact) mass is 705 g/mol. The van der Waals surface area contributed by atoms with Crippen LogP contribution in [0.1, 0.15) is 38.8 Å². The van der Waals surface area contributed by atoms with Crippen LogP contribution in [0, 0.1) is 0 Å². The van der Waals surface area contributed by atoms with Crippen LogP contribution in [-0.2, 0) is 10.8 Å². The third-order valence-corrected chi connectivity index (χ3v) is 12.8. The zero-order valence-corrected chi connectivity index (χ0v) is 31.8. The van der Waals surface area contributed by atoms with Crippen LogP contribution in [-0.4, -0.2) is 0 Å². The standard InChI is InChI=1S/C54H43N/c1-53(2)49-30-14-12-26-45(49)46-33-32-37(35-50(46)54(53,3)4)40-22-13-15-31-51(40)55(38-19-6-5-7-20-38)39-21-16-18-36(34-39)41-28-17-29-48-44-24-9-8-23-42(44)43-25-10-11-27-47(43)52(41)48/h5-35H,1-4H3. The van der Waals surface area contributed by atoms with Crippen molar-refractivity contribution in [2.45, 2.75) is 38.5 Å². The Labute approximate surface area is 324 Å². The van der Waals surface area contributed by atoms with E-state index in [1.165, 1.54) is 76.8 Å². The highest BCUT2D eigenvalue weighted by Gasteiger charge is 2.45. The molecule has 1 aliphatic carbocycles. The molecule has 9 aromatic carbocycles. The molecule has 9 aromatic rings. The van der Waals surface area contributed by atoms with Crippen molar-refractivity contribution in [3.63, 3.8) is 0 Å². The molecule has 0 aromatic heterocycles. The molecule has 0 unspecified atom stereocenters. The average Bonchev–Trinajstić information content (AvgIpc) is 3.24. The maximum absolute atomic E-state index is 2.47. The van der Waals surface area contributed by atoms with Gasteiger partial charge in [0.15, 0.2) is 0 Å².